The first-order valence-corrected chi connectivity index (χ1v) is 5.30. The molecule has 1 aromatic carbocycles. The number of likely N-dealkylation sites (N-methyl/N-ethyl adjacent to an activating group) is 1. The predicted molar refractivity (Wildman–Crippen MR) is 63.6 cm³/mol. The number of fused-ring (bicyclic) bond motifs is 1. The van der Waals surface area contributed by atoms with Crippen molar-refractivity contribution in [3.63, 3.8) is 0 Å². The second kappa shape index (κ2) is 4.99. The van der Waals surface area contributed by atoms with E-state index < -0.39 is 0 Å². The van der Waals surface area contributed by atoms with E-state index >= 15 is 0 Å². The summed E-state index contributed by atoms with van der Waals surface area (Å²) in [5.74, 6) is 1.61. The third-order valence-corrected chi connectivity index (χ3v) is 2.31. The van der Waals surface area contributed by atoms with E-state index in [1.54, 1.807) is 0 Å². The fourth-order valence-electron chi connectivity index (χ4n) is 1.42. The quantitative estimate of drug-likeness (QED) is 0.719. The zero-order chi connectivity index (χ0) is 11.4. The van der Waals surface area contributed by atoms with E-state index in [0.717, 1.165) is 30.2 Å². The van der Waals surface area contributed by atoms with Crippen LogP contribution in [0, 0.1) is 0 Å². The van der Waals surface area contributed by atoms with Crippen molar-refractivity contribution in [3.05, 3.63) is 23.8 Å². The van der Waals surface area contributed by atoms with Crippen molar-refractivity contribution in [1.82, 2.24) is 4.90 Å². The van der Waals surface area contributed by atoms with E-state index in [1.165, 1.54) is 0 Å². The van der Waals surface area contributed by atoms with E-state index in [9.17, 15) is 0 Å². The molecule has 4 heteroatoms. The second-order valence-electron chi connectivity index (χ2n) is 3.95. The van der Waals surface area contributed by atoms with Crippen molar-refractivity contribution in [2.45, 2.75) is 0 Å². The smallest absolute Gasteiger partial charge is 0.231 e. The van der Waals surface area contributed by atoms with Gasteiger partial charge in [-0.15, -0.1) is 0 Å². The lowest BCUT2D eigenvalue weighted by Crippen LogP contribution is -2.15. The highest BCUT2D eigenvalue weighted by Gasteiger charge is 2.12. The van der Waals surface area contributed by atoms with Gasteiger partial charge in [0, 0.05) is 12.8 Å². The number of hydrogen-bond donors (Lipinski definition) is 0. The molecule has 4 nitrogen and oxygen atoms in total. The summed E-state index contributed by atoms with van der Waals surface area (Å²) >= 11 is 0. The van der Waals surface area contributed by atoms with Gasteiger partial charge >= 0.3 is 0 Å². The maximum absolute atomic E-state index is 5.29. The molecule has 0 atom stereocenters. The number of aliphatic imine (C=N–C) groups is 1. The number of rotatable bonds is 4. The van der Waals surface area contributed by atoms with Gasteiger partial charge in [-0.3, -0.25) is 4.99 Å². The molecule has 0 spiro atoms. The molecule has 1 heterocycles. The molecule has 0 N–H and O–H groups in total. The van der Waals surface area contributed by atoms with Crippen LogP contribution in [0.3, 0.4) is 0 Å². The van der Waals surface area contributed by atoms with E-state index in [1.807, 2.05) is 38.5 Å². The average molecular weight is 220 g/mol. The topological polar surface area (TPSA) is 34.1 Å². The van der Waals surface area contributed by atoms with Gasteiger partial charge in [0.1, 0.15) is 0 Å². The van der Waals surface area contributed by atoms with E-state index in [2.05, 4.69) is 9.89 Å². The maximum atomic E-state index is 5.29. The first kappa shape index (κ1) is 11.0. The Morgan fingerprint density at radius 3 is 2.94 bits per heavy atom. The van der Waals surface area contributed by atoms with E-state index in [4.69, 9.17) is 9.47 Å². The lowest BCUT2D eigenvalue weighted by atomic mass is 10.2. The molecule has 86 valence electrons. The van der Waals surface area contributed by atoms with Crippen molar-refractivity contribution in [2.75, 3.05) is 34.0 Å². The third kappa shape index (κ3) is 2.73. The molecule has 0 unspecified atom stereocenters. The summed E-state index contributed by atoms with van der Waals surface area (Å²) in [6.07, 6.45) is 1.87. The average Bonchev–Trinajstić information content (AvgIpc) is 2.71. The van der Waals surface area contributed by atoms with Gasteiger partial charge < -0.3 is 14.4 Å². The summed E-state index contributed by atoms with van der Waals surface area (Å²) in [5.41, 5.74) is 1.04. The summed E-state index contributed by atoms with van der Waals surface area (Å²) in [5, 5.41) is 0. The van der Waals surface area contributed by atoms with Gasteiger partial charge in [0.05, 0.1) is 6.54 Å². The Morgan fingerprint density at radius 1 is 1.31 bits per heavy atom. The van der Waals surface area contributed by atoms with Crippen molar-refractivity contribution >= 4 is 6.21 Å². The van der Waals surface area contributed by atoms with Crippen molar-refractivity contribution in [1.29, 1.82) is 0 Å². The van der Waals surface area contributed by atoms with Crippen molar-refractivity contribution < 1.29 is 9.47 Å². The first-order valence-electron chi connectivity index (χ1n) is 5.30. The monoisotopic (exact) mass is 220 g/mol. The number of ether oxygens (including phenoxy) is 2. The minimum absolute atomic E-state index is 0.316. The molecule has 0 bridgehead atoms. The molecular weight excluding hydrogens is 204 g/mol. The Kier molecular flexibility index (Phi) is 3.41. The summed E-state index contributed by atoms with van der Waals surface area (Å²) < 4.78 is 10.5. The molecule has 1 aliphatic rings. The first-order chi connectivity index (χ1) is 7.75. The van der Waals surface area contributed by atoms with E-state index in [-0.39, 0.29) is 0 Å². The zero-order valence-electron chi connectivity index (χ0n) is 9.64. The summed E-state index contributed by atoms with van der Waals surface area (Å²) in [6.45, 7) is 2.08. The molecule has 2 rings (SSSR count). The van der Waals surface area contributed by atoms with Gasteiger partial charge in [0.25, 0.3) is 0 Å². The largest absolute Gasteiger partial charge is 0.454 e. The maximum Gasteiger partial charge on any atom is 0.231 e. The SMILES string of the molecule is CN(C)CCN=Cc1ccc2c(c1)OCO2. The molecule has 1 aliphatic heterocycles. The highest BCUT2D eigenvalue weighted by molar-refractivity contribution is 5.81. The van der Waals surface area contributed by atoms with E-state index in [0.29, 0.717) is 6.79 Å². The van der Waals surface area contributed by atoms with Crippen LogP contribution in [0.2, 0.25) is 0 Å². The lowest BCUT2D eigenvalue weighted by Gasteiger charge is -2.05. The van der Waals surface area contributed by atoms with Crippen LogP contribution in [0.25, 0.3) is 0 Å². The van der Waals surface area contributed by atoms with Gasteiger partial charge in [-0.05, 0) is 37.9 Å². The Hall–Kier alpha value is -1.55. The van der Waals surface area contributed by atoms with Crippen LogP contribution in [-0.4, -0.2) is 45.1 Å². The fraction of sp³-hybridized carbons (Fsp3) is 0.417. The molecule has 0 saturated heterocycles. The van der Waals surface area contributed by atoms with Gasteiger partial charge in [-0.2, -0.15) is 0 Å². The van der Waals surface area contributed by atoms with Crippen molar-refractivity contribution in [3.8, 4) is 11.5 Å². The molecule has 0 aliphatic carbocycles. The van der Waals surface area contributed by atoms with Gasteiger partial charge in [0.2, 0.25) is 6.79 Å². The van der Waals surface area contributed by atoms with Gasteiger partial charge in [0.15, 0.2) is 11.5 Å². The minimum atomic E-state index is 0.316. The number of benzene rings is 1. The van der Waals surface area contributed by atoms with Crippen LogP contribution >= 0.6 is 0 Å². The molecule has 0 radical (unpaired) electrons. The molecule has 0 saturated carbocycles. The standard InChI is InChI=1S/C12H16N2O2/c1-14(2)6-5-13-8-10-3-4-11-12(7-10)16-9-15-11/h3-4,7-8H,5-6,9H2,1-2H3. The molecule has 1 aromatic rings. The molecule has 0 aromatic heterocycles. The highest BCUT2D eigenvalue weighted by atomic mass is 16.7. The predicted octanol–water partition coefficient (Wildman–Crippen LogP) is 1.40. The van der Waals surface area contributed by atoms with Crippen molar-refractivity contribution in [2.24, 2.45) is 4.99 Å². The van der Waals surface area contributed by atoms with Crippen LogP contribution in [0.1, 0.15) is 5.56 Å². The van der Waals surface area contributed by atoms with Gasteiger partial charge in [-0.25, -0.2) is 0 Å². The number of nitrogens with zero attached hydrogens (tertiary/aromatic N) is 2. The molecule has 0 amide bonds. The second-order valence-corrected chi connectivity index (χ2v) is 3.95. The fourth-order valence-corrected chi connectivity index (χ4v) is 1.42. The summed E-state index contributed by atoms with van der Waals surface area (Å²) in [6, 6.07) is 5.84. The summed E-state index contributed by atoms with van der Waals surface area (Å²) in [4.78, 5) is 6.45. The van der Waals surface area contributed by atoms with Crippen LogP contribution in [0.5, 0.6) is 11.5 Å². The van der Waals surface area contributed by atoms with Gasteiger partial charge in [-0.1, -0.05) is 0 Å². The third-order valence-electron chi connectivity index (χ3n) is 2.31. The van der Waals surface area contributed by atoms with Crippen LogP contribution in [0.4, 0.5) is 0 Å². The summed E-state index contributed by atoms with van der Waals surface area (Å²) in [7, 11) is 4.08. The minimum Gasteiger partial charge on any atom is -0.454 e. The highest BCUT2D eigenvalue weighted by Crippen LogP contribution is 2.31. The molecule has 0 fully saturated rings. The lowest BCUT2D eigenvalue weighted by molar-refractivity contribution is 0.174. The molecule has 16 heavy (non-hydrogen) atoms. The van der Waals surface area contributed by atoms with Crippen LogP contribution in [0.15, 0.2) is 23.2 Å². The normalized spacial score (nSPS) is 13.9. The Morgan fingerprint density at radius 2 is 2.12 bits per heavy atom. The molecular formula is C12H16N2O2. The Balaban J connectivity index is 1.94. The van der Waals surface area contributed by atoms with Crippen LogP contribution < -0.4 is 9.47 Å². The Bertz CT molecular complexity index is 389. The van der Waals surface area contributed by atoms with Crippen LogP contribution in [-0.2, 0) is 0 Å². The zero-order valence-corrected chi connectivity index (χ0v) is 9.64. The number of hydrogen-bond acceptors (Lipinski definition) is 4. The Labute approximate surface area is 95.5 Å².